The molecule has 0 radical (unpaired) electrons. The molecule has 0 N–H and O–H groups in total. The van der Waals surface area contributed by atoms with Crippen molar-refractivity contribution in [3.63, 3.8) is 0 Å². The van der Waals surface area contributed by atoms with Gasteiger partial charge >= 0.3 is 7.65 Å². The molecule has 23 rings (SSSR count). The summed E-state index contributed by atoms with van der Waals surface area (Å²) < 4.78 is 185. The van der Waals surface area contributed by atoms with Crippen molar-refractivity contribution in [2.24, 2.45) is 0 Å². The van der Waals surface area contributed by atoms with Gasteiger partial charge in [-0.3, -0.25) is 37.5 Å². The van der Waals surface area contributed by atoms with E-state index in [4.69, 9.17) is 70.2 Å². The first kappa shape index (κ1) is 98.9. The fraction of sp³-hybridized carbons (Fsp3) is 0.174. The van der Waals surface area contributed by atoms with Gasteiger partial charge in [0.2, 0.25) is 40.8 Å². The van der Waals surface area contributed by atoms with Crippen LogP contribution in [0, 0.1) is 0 Å². The topological polar surface area (TPSA) is 331 Å². The number of hydrogen-bond acceptors (Lipinski definition) is 31. The third kappa shape index (κ3) is 19.5. The maximum atomic E-state index is 17.2. The second-order valence-electron chi connectivity index (χ2n) is 35.5. The Balaban J connectivity index is 0.000000249. The summed E-state index contributed by atoms with van der Waals surface area (Å²) in [5.74, 6) is 2.01. The molecule has 0 amide bonds. The molecule has 0 bridgehead atoms. The molecule has 7 atom stereocenters. The smallest absolute Gasteiger partial charge is 0.438 e. The molecule has 0 fully saturated rings. The number of fused-ring (bicyclic) bond motifs is 21. The molecule has 744 valence electrons. The Morgan fingerprint density at radius 2 is 0.469 bits per heavy atom. The molecule has 17 aromatic rings. The maximum Gasteiger partial charge on any atom is 0.597 e. The van der Waals surface area contributed by atoms with Crippen LogP contribution in [-0.4, -0.2) is 151 Å². The highest BCUT2D eigenvalue weighted by Gasteiger charge is 2.50. The molecule has 0 aliphatic carbocycles. The molecule has 14 aromatic carbocycles. The molecule has 6 aliphatic heterocycles. The van der Waals surface area contributed by atoms with E-state index in [1.807, 2.05) is 224 Å². The second-order valence-corrected chi connectivity index (χ2v) is 51.0. The molecule has 31 nitrogen and oxygen atoms in total. The molecule has 3 aromatic heterocycles. The molecule has 7 unspecified atom stereocenters. The minimum atomic E-state index is -4.33. The van der Waals surface area contributed by atoms with Gasteiger partial charge in [0, 0.05) is 92.7 Å². The highest BCUT2D eigenvalue weighted by Crippen LogP contribution is 2.65. The number of hydrogen-bond donors (Lipinski definition) is 0. The van der Waals surface area contributed by atoms with Gasteiger partial charge in [-0.15, -0.1) is 0 Å². The molecule has 0 saturated carbocycles. The Labute approximate surface area is 849 Å². The quantitative estimate of drug-likeness (QED) is 0.0229. The number of nitrogens with zero attached hydrogens (tertiary/aromatic N) is 12. The van der Waals surface area contributed by atoms with Crippen LogP contribution in [0.4, 0.5) is 35.7 Å². The Bertz CT molecular complexity index is 7270. The zero-order valence-electron chi connectivity index (χ0n) is 80.8. The van der Waals surface area contributed by atoms with Crippen molar-refractivity contribution < 1.29 is 87.2 Å². The summed E-state index contributed by atoms with van der Waals surface area (Å²) in [6.45, 7) is 1.42. The van der Waals surface area contributed by atoms with Crippen molar-refractivity contribution in [1.29, 1.82) is 0 Å². The lowest BCUT2D eigenvalue weighted by atomic mass is 10.0. The Kier molecular flexibility index (Phi) is 28.3. The van der Waals surface area contributed by atoms with Gasteiger partial charge in [0.25, 0.3) is 36.8 Å². The second kappa shape index (κ2) is 42.1. The van der Waals surface area contributed by atoms with Crippen LogP contribution in [0.1, 0.15) is 5.56 Å². The maximum absolute atomic E-state index is 17.2. The van der Waals surface area contributed by atoms with Gasteiger partial charge in [0.05, 0.1) is 32.8 Å². The van der Waals surface area contributed by atoms with Crippen molar-refractivity contribution in [2.45, 2.75) is 6.16 Å². The molecule has 0 spiro atoms. The fourth-order valence-corrected chi connectivity index (χ4v) is 35.7. The first-order chi connectivity index (χ1) is 71.6. The predicted molar refractivity (Wildman–Crippen MR) is 578 cm³/mol. The molecule has 147 heavy (non-hydrogen) atoms. The van der Waals surface area contributed by atoms with Gasteiger partial charge in [-0.1, -0.05) is 261 Å². The van der Waals surface area contributed by atoms with Gasteiger partial charge in [0.15, 0.2) is 5.58 Å². The Hall–Kier alpha value is -14.1. The van der Waals surface area contributed by atoms with E-state index in [2.05, 4.69) is 15.0 Å². The van der Waals surface area contributed by atoms with E-state index >= 15 is 27.4 Å². The predicted octanol–water partition coefficient (Wildman–Crippen LogP) is 22.5. The van der Waals surface area contributed by atoms with E-state index in [-0.39, 0.29) is 70.7 Å². The molecular weight excluding hydrogens is 2000 g/mol. The van der Waals surface area contributed by atoms with E-state index in [0.717, 1.165) is 32.6 Å². The average molecular weight is 2100 g/mol. The summed E-state index contributed by atoms with van der Waals surface area (Å²) in [6, 6.07) is 104. The molecule has 6 aliphatic rings. The van der Waals surface area contributed by atoms with E-state index in [1.165, 1.54) is 9.80 Å². The number of para-hydroxylation sites is 6. The number of rotatable bonds is 30. The molecule has 38 heteroatoms. The standard InChI is InChI=1S/C82H62N6O11P6.C15H30N6O6.C12H8O2P/c89-100(49-56-25-1-2-26-57(56)63-32-8-19-43-74(63)100)50-86(51-101(90)75-44-20-9-33-64(75)58-27-3-14-38-69(58)95-101)80-83-81(87(52-102(91)76-45-21-10-34-65(76)59-28-4-15-39-70(59)96-102)53-103(92)77-46-22-11-35-66(77)60-29-5-16-40-71(60)97-103)85-82(84-80)88(54-104(93)78-47-23-12-36-67(78)61-30-6-17-41-72(61)98-104)55-105(94)79-48-24-13-37-68(79)62-31-7-18-42-73(62)99-105;1-22-7-19(8-23-2)13-16-14(20(9-24-3)10-25-4)18-15(17-13)21(11-26-5)12-27-6;13-15-12-8-4-2-6-10(12)9-5-1-3-7-11(9)14-15/h1-48H,49-55H2;7-12H2,1-6H3;1-8H/q;;+1. The normalized spacial score (nSPS) is 18.8. The third-order valence-corrected chi connectivity index (χ3v) is 41.5. The lowest BCUT2D eigenvalue weighted by molar-refractivity contribution is 0.134. The monoisotopic (exact) mass is 2100 g/mol. The summed E-state index contributed by atoms with van der Waals surface area (Å²) >= 11 is 0. The zero-order valence-corrected chi connectivity index (χ0v) is 87.0. The number of benzene rings is 14. The van der Waals surface area contributed by atoms with Gasteiger partial charge in [-0.05, 0) is 128 Å². The van der Waals surface area contributed by atoms with Crippen LogP contribution in [0.15, 0.2) is 344 Å². The Morgan fingerprint density at radius 3 is 0.776 bits per heavy atom. The van der Waals surface area contributed by atoms with Crippen molar-refractivity contribution >= 4 is 141 Å². The van der Waals surface area contributed by atoms with Crippen molar-refractivity contribution in [3.8, 4) is 95.5 Å². The number of aromatic nitrogens is 6. The zero-order chi connectivity index (χ0) is 101. The van der Waals surface area contributed by atoms with Crippen molar-refractivity contribution in [3.05, 3.63) is 345 Å². The van der Waals surface area contributed by atoms with Gasteiger partial charge in [-0.2, -0.15) is 29.9 Å². The largest absolute Gasteiger partial charge is 0.597 e. The number of anilines is 6. The van der Waals surface area contributed by atoms with Crippen LogP contribution in [0.5, 0.6) is 28.7 Å². The van der Waals surface area contributed by atoms with Crippen molar-refractivity contribution in [1.82, 2.24) is 29.9 Å². The van der Waals surface area contributed by atoms with Crippen LogP contribution in [0.2, 0.25) is 0 Å². The lowest BCUT2D eigenvalue weighted by Gasteiger charge is -2.38. The van der Waals surface area contributed by atoms with E-state index < -0.39 is 83.1 Å². The number of methoxy groups -OCH3 is 6. The summed E-state index contributed by atoms with van der Waals surface area (Å²) in [5.41, 5.74) is 9.98. The van der Waals surface area contributed by atoms with E-state index in [1.54, 1.807) is 178 Å². The number of ether oxygens (including phenoxy) is 6. The molecule has 9 heterocycles. The molecule has 0 saturated heterocycles. The van der Waals surface area contributed by atoms with Crippen LogP contribution < -0.4 is 83.8 Å². The van der Waals surface area contributed by atoms with Crippen LogP contribution in [-0.2, 0) is 66.5 Å². The minimum Gasteiger partial charge on any atom is -0.438 e. The van der Waals surface area contributed by atoms with Crippen LogP contribution in [0.25, 0.3) is 88.2 Å². The van der Waals surface area contributed by atoms with Crippen molar-refractivity contribution in [2.75, 3.05) is 150 Å². The summed E-state index contributed by atoms with van der Waals surface area (Å²) in [7, 11) is -17.7. The summed E-state index contributed by atoms with van der Waals surface area (Å²) in [5, 5.41) is 5.20. The highest BCUT2D eigenvalue weighted by molar-refractivity contribution is 7.72. The van der Waals surface area contributed by atoms with Gasteiger partial charge in [-0.25, -0.2) is 4.20 Å². The Morgan fingerprint density at radius 1 is 0.245 bits per heavy atom. The van der Waals surface area contributed by atoms with Gasteiger partial charge < -0.3 is 70.3 Å². The SMILES string of the molecule is COCN(COC)c1nc(N(COC)COC)nc(N(COC)COC)n1.O=P1(CN(CP2(=O)Oc3ccccc3-c3ccccc32)c2nc(N(CP3(=O)Oc4ccccc4-c4ccccc43)CP3(=O)Oc4ccccc4-c4ccccc43)nc(N(CP3(=O)Oc4ccccc4-c4ccccc43)CP3(=O)Oc4ccccc4-c4ccccc43)n2)Cc2ccccc2-c2ccccc21.O=[p+]1oc2ccccc2c2ccccc21. The van der Waals surface area contributed by atoms with Gasteiger partial charge in [0.1, 0.15) is 108 Å². The minimum absolute atomic E-state index is 0.0654. The third-order valence-electron chi connectivity index (χ3n) is 25.8. The average Bonchev–Trinajstić information content (AvgIpc) is 0.733. The lowest BCUT2D eigenvalue weighted by Crippen LogP contribution is -2.39. The van der Waals surface area contributed by atoms with E-state index in [0.29, 0.717) is 140 Å². The summed E-state index contributed by atoms with van der Waals surface area (Å²) in [6.07, 6.45) is -3.07. The fourth-order valence-electron chi connectivity index (χ4n) is 19.5. The highest BCUT2D eigenvalue weighted by atomic mass is 31.2. The van der Waals surface area contributed by atoms with E-state index in [9.17, 15) is 4.57 Å². The first-order valence-electron chi connectivity index (χ1n) is 47.1. The molecular formula is C109H100N12O19P7+. The summed E-state index contributed by atoms with van der Waals surface area (Å²) in [4.78, 5) is 39.9. The van der Waals surface area contributed by atoms with Crippen LogP contribution >= 0.6 is 51.6 Å². The first-order valence-corrected chi connectivity index (χ1v) is 59.4. The van der Waals surface area contributed by atoms with Crippen LogP contribution in [0.3, 0.4) is 0 Å².